The summed E-state index contributed by atoms with van der Waals surface area (Å²) >= 11 is 3.12. The van der Waals surface area contributed by atoms with E-state index in [9.17, 15) is 4.79 Å². The van der Waals surface area contributed by atoms with Crippen LogP contribution in [0.1, 0.15) is 10.4 Å². The molecule has 3 aromatic heterocycles. The van der Waals surface area contributed by atoms with Gasteiger partial charge in [-0.25, -0.2) is 9.67 Å². The fourth-order valence-electron chi connectivity index (χ4n) is 2.62. The topological polar surface area (TPSA) is 59.8 Å². The summed E-state index contributed by atoms with van der Waals surface area (Å²) in [7, 11) is 0. The Labute approximate surface area is 165 Å². The predicted molar refractivity (Wildman–Crippen MR) is 111 cm³/mol. The van der Waals surface area contributed by atoms with Crippen molar-refractivity contribution in [3.05, 3.63) is 77.9 Å². The minimum Gasteiger partial charge on any atom is -0.320 e. The lowest BCUT2D eigenvalue weighted by molar-refractivity contribution is 0.102. The van der Waals surface area contributed by atoms with E-state index >= 15 is 0 Å². The second-order valence-corrected chi connectivity index (χ2v) is 7.47. The summed E-state index contributed by atoms with van der Waals surface area (Å²) in [5, 5.41) is 10.5. The van der Waals surface area contributed by atoms with Gasteiger partial charge in [0, 0.05) is 6.20 Å². The van der Waals surface area contributed by atoms with Crippen molar-refractivity contribution in [2.45, 2.75) is 5.03 Å². The van der Waals surface area contributed by atoms with E-state index in [1.165, 1.54) is 0 Å². The van der Waals surface area contributed by atoms with Gasteiger partial charge in [-0.15, -0.1) is 23.1 Å². The number of hydrogen-bond donors (Lipinski definition) is 1. The van der Waals surface area contributed by atoms with Crippen molar-refractivity contribution in [1.29, 1.82) is 0 Å². The first-order valence-electron chi connectivity index (χ1n) is 8.25. The van der Waals surface area contributed by atoms with E-state index in [0.717, 1.165) is 15.6 Å². The fraction of sp³-hybridized carbons (Fsp3) is 0.0500. The number of para-hydroxylation sites is 1. The maximum Gasteiger partial charge on any atom is 0.259 e. The molecule has 1 amide bonds. The Morgan fingerprint density at radius 2 is 1.96 bits per heavy atom. The van der Waals surface area contributed by atoms with Crippen molar-refractivity contribution in [3.8, 4) is 16.3 Å². The number of amides is 1. The van der Waals surface area contributed by atoms with Crippen LogP contribution in [0.15, 0.2) is 77.4 Å². The summed E-state index contributed by atoms with van der Waals surface area (Å²) in [6.07, 6.45) is 5.39. The van der Waals surface area contributed by atoms with Gasteiger partial charge in [-0.05, 0) is 42.0 Å². The number of pyridine rings is 1. The molecule has 3 heterocycles. The van der Waals surface area contributed by atoms with Crippen molar-refractivity contribution in [1.82, 2.24) is 14.8 Å². The summed E-state index contributed by atoms with van der Waals surface area (Å²) < 4.78 is 1.74. The van der Waals surface area contributed by atoms with Crippen molar-refractivity contribution in [2.75, 3.05) is 11.6 Å². The van der Waals surface area contributed by atoms with Crippen LogP contribution in [0, 0.1) is 0 Å². The van der Waals surface area contributed by atoms with Crippen LogP contribution < -0.4 is 5.32 Å². The molecule has 1 N–H and O–H groups in total. The van der Waals surface area contributed by atoms with E-state index in [1.54, 1.807) is 40.2 Å². The molecule has 0 radical (unpaired) electrons. The van der Waals surface area contributed by atoms with E-state index in [4.69, 9.17) is 0 Å². The number of aromatic nitrogens is 3. The van der Waals surface area contributed by atoms with Gasteiger partial charge in [-0.3, -0.25) is 4.79 Å². The summed E-state index contributed by atoms with van der Waals surface area (Å²) in [6.45, 7) is 0. The van der Waals surface area contributed by atoms with E-state index < -0.39 is 0 Å². The molecule has 5 nitrogen and oxygen atoms in total. The van der Waals surface area contributed by atoms with Crippen LogP contribution in [0.25, 0.3) is 16.3 Å². The van der Waals surface area contributed by atoms with Crippen molar-refractivity contribution < 1.29 is 4.79 Å². The molecule has 27 heavy (non-hydrogen) atoms. The monoisotopic (exact) mass is 392 g/mol. The largest absolute Gasteiger partial charge is 0.320 e. The molecule has 134 valence electrons. The lowest BCUT2D eigenvalue weighted by atomic mass is 10.2. The zero-order chi connectivity index (χ0) is 18.6. The van der Waals surface area contributed by atoms with E-state index in [0.29, 0.717) is 16.9 Å². The Bertz CT molecular complexity index is 1040. The van der Waals surface area contributed by atoms with Gasteiger partial charge in [0.25, 0.3) is 5.91 Å². The average molecular weight is 393 g/mol. The highest BCUT2D eigenvalue weighted by atomic mass is 32.2. The second-order valence-electron chi connectivity index (χ2n) is 5.69. The average Bonchev–Trinajstić information content (AvgIpc) is 3.39. The zero-order valence-electron chi connectivity index (χ0n) is 14.5. The number of thiophene rings is 1. The van der Waals surface area contributed by atoms with Crippen molar-refractivity contribution >= 4 is 34.7 Å². The molecule has 0 aliphatic heterocycles. The fourth-order valence-corrected chi connectivity index (χ4v) is 3.71. The summed E-state index contributed by atoms with van der Waals surface area (Å²) in [6, 6.07) is 17.4. The smallest absolute Gasteiger partial charge is 0.259 e. The molecule has 7 heteroatoms. The van der Waals surface area contributed by atoms with Crippen LogP contribution in [-0.2, 0) is 0 Å². The number of hydrogen-bond acceptors (Lipinski definition) is 5. The molecular weight excluding hydrogens is 376 g/mol. The molecule has 4 aromatic rings. The minimum absolute atomic E-state index is 0.209. The Kier molecular flexibility index (Phi) is 5.04. The van der Waals surface area contributed by atoms with Crippen molar-refractivity contribution in [3.63, 3.8) is 0 Å². The predicted octanol–water partition coefficient (Wildman–Crippen LogP) is 4.97. The third-order valence-electron chi connectivity index (χ3n) is 3.94. The normalized spacial score (nSPS) is 10.7. The van der Waals surface area contributed by atoms with Gasteiger partial charge in [0.1, 0.15) is 5.69 Å². The van der Waals surface area contributed by atoms with Gasteiger partial charge in [0.15, 0.2) is 0 Å². The molecule has 1 aromatic carbocycles. The summed E-state index contributed by atoms with van der Waals surface area (Å²) in [4.78, 5) is 18.2. The van der Waals surface area contributed by atoms with Crippen LogP contribution in [0.4, 0.5) is 5.69 Å². The third kappa shape index (κ3) is 3.79. The summed E-state index contributed by atoms with van der Waals surface area (Å²) in [5.74, 6) is -0.209. The quantitative estimate of drug-likeness (QED) is 0.487. The van der Waals surface area contributed by atoms with Crippen LogP contribution in [0.3, 0.4) is 0 Å². The number of anilines is 1. The van der Waals surface area contributed by atoms with Crippen LogP contribution >= 0.6 is 23.1 Å². The number of benzene rings is 1. The number of thioether (sulfide) groups is 1. The number of rotatable bonds is 5. The molecule has 0 spiro atoms. The maximum atomic E-state index is 12.9. The van der Waals surface area contributed by atoms with Crippen LogP contribution in [-0.4, -0.2) is 26.9 Å². The molecule has 0 atom stereocenters. The van der Waals surface area contributed by atoms with Gasteiger partial charge in [0.2, 0.25) is 0 Å². The van der Waals surface area contributed by atoms with Gasteiger partial charge < -0.3 is 5.32 Å². The third-order valence-corrected chi connectivity index (χ3v) is 5.47. The second kappa shape index (κ2) is 7.77. The highest BCUT2D eigenvalue weighted by Crippen LogP contribution is 2.28. The van der Waals surface area contributed by atoms with Gasteiger partial charge in [0.05, 0.1) is 33.0 Å². The standard InChI is InChI=1S/C20H16N4OS2/c1-26-18-10-9-14(12-21-18)22-20(25)16-13-24(15-6-3-2-4-7-15)23-19(16)17-8-5-11-27-17/h2-13H,1H3,(H,22,25). The Morgan fingerprint density at radius 3 is 2.63 bits per heavy atom. The lowest BCUT2D eigenvalue weighted by Gasteiger charge is -2.05. The molecule has 0 saturated carbocycles. The highest BCUT2D eigenvalue weighted by molar-refractivity contribution is 7.98. The number of nitrogens with one attached hydrogen (secondary N) is 1. The molecular formula is C20H16N4OS2. The van der Waals surface area contributed by atoms with Crippen molar-refractivity contribution in [2.24, 2.45) is 0 Å². The van der Waals surface area contributed by atoms with Gasteiger partial charge >= 0.3 is 0 Å². The van der Waals surface area contributed by atoms with Crippen LogP contribution in [0.5, 0.6) is 0 Å². The van der Waals surface area contributed by atoms with E-state index in [-0.39, 0.29) is 5.91 Å². The molecule has 0 bridgehead atoms. The zero-order valence-corrected chi connectivity index (χ0v) is 16.1. The first kappa shape index (κ1) is 17.5. The van der Waals surface area contributed by atoms with Gasteiger partial charge in [-0.1, -0.05) is 24.3 Å². The first-order chi connectivity index (χ1) is 13.2. The molecule has 0 unspecified atom stereocenters. The lowest BCUT2D eigenvalue weighted by Crippen LogP contribution is -2.12. The molecule has 0 aliphatic carbocycles. The van der Waals surface area contributed by atoms with E-state index in [2.05, 4.69) is 15.4 Å². The Balaban J connectivity index is 1.69. The first-order valence-corrected chi connectivity index (χ1v) is 10.4. The maximum absolute atomic E-state index is 12.9. The highest BCUT2D eigenvalue weighted by Gasteiger charge is 2.19. The molecule has 4 rings (SSSR count). The number of carbonyl (C=O) groups is 1. The number of carbonyl (C=O) groups excluding carboxylic acids is 1. The van der Waals surface area contributed by atoms with Gasteiger partial charge in [-0.2, -0.15) is 5.10 Å². The molecule has 0 fully saturated rings. The SMILES string of the molecule is CSc1ccc(NC(=O)c2cn(-c3ccccc3)nc2-c2cccs2)cn1. The number of nitrogens with zero attached hydrogens (tertiary/aromatic N) is 3. The Morgan fingerprint density at radius 1 is 1.11 bits per heavy atom. The molecule has 0 aliphatic rings. The summed E-state index contributed by atoms with van der Waals surface area (Å²) in [5.41, 5.74) is 2.75. The Hall–Kier alpha value is -2.90. The van der Waals surface area contributed by atoms with E-state index in [1.807, 2.05) is 66.2 Å². The molecule has 0 saturated heterocycles. The van der Waals surface area contributed by atoms with Crippen LogP contribution in [0.2, 0.25) is 0 Å². The minimum atomic E-state index is -0.209.